The van der Waals surface area contributed by atoms with Crippen molar-refractivity contribution < 1.29 is 9.31 Å². The Bertz CT molecular complexity index is 497. The van der Waals surface area contributed by atoms with Crippen LogP contribution >= 0.6 is 12.6 Å². The second-order valence-electron chi connectivity index (χ2n) is 6.56. The van der Waals surface area contributed by atoms with Crippen molar-refractivity contribution in [2.24, 2.45) is 0 Å². The van der Waals surface area contributed by atoms with E-state index < -0.39 is 0 Å². The van der Waals surface area contributed by atoms with E-state index in [1.54, 1.807) is 0 Å². The molecule has 4 heteroatoms. The van der Waals surface area contributed by atoms with Gasteiger partial charge in [-0.2, -0.15) is 12.6 Å². The third-order valence-corrected chi connectivity index (χ3v) is 5.32. The SMILES string of the molecule is CC1(C)OB(c2cccc3c2CC[C@@H]3S)OC1(C)C. The van der Waals surface area contributed by atoms with Gasteiger partial charge in [-0.1, -0.05) is 18.2 Å². The average molecular weight is 276 g/mol. The Balaban J connectivity index is 1.98. The summed E-state index contributed by atoms with van der Waals surface area (Å²) in [7, 11) is -0.251. The van der Waals surface area contributed by atoms with Crippen LogP contribution in [0.3, 0.4) is 0 Å². The molecule has 1 aromatic rings. The molecule has 0 aromatic heterocycles. The maximum atomic E-state index is 6.16. The molecule has 0 radical (unpaired) electrons. The second-order valence-corrected chi connectivity index (χ2v) is 7.18. The van der Waals surface area contributed by atoms with E-state index in [1.807, 2.05) is 0 Å². The normalized spacial score (nSPS) is 27.6. The minimum absolute atomic E-state index is 0.251. The smallest absolute Gasteiger partial charge is 0.399 e. The van der Waals surface area contributed by atoms with Crippen molar-refractivity contribution in [1.29, 1.82) is 0 Å². The zero-order valence-corrected chi connectivity index (χ0v) is 13.0. The van der Waals surface area contributed by atoms with E-state index in [0.29, 0.717) is 5.25 Å². The van der Waals surface area contributed by atoms with E-state index in [2.05, 4.69) is 58.5 Å². The molecular formula is C15H21BO2S. The molecule has 19 heavy (non-hydrogen) atoms. The van der Waals surface area contributed by atoms with Gasteiger partial charge in [0.25, 0.3) is 0 Å². The number of rotatable bonds is 1. The topological polar surface area (TPSA) is 18.5 Å². The predicted molar refractivity (Wildman–Crippen MR) is 82.2 cm³/mol. The number of fused-ring (bicyclic) bond motifs is 1. The van der Waals surface area contributed by atoms with Crippen molar-refractivity contribution in [3.63, 3.8) is 0 Å². The Morgan fingerprint density at radius 2 is 1.79 bits per heavy atom. The van der Waals surface area contributed by atoms with E-state index in [1.165, 1.54) is 16.6 Å². The zero-order valence-electron chi connectivity index (χ0n) is 12.1. The van der Waals surface area contributed by atoms with Crippen LogP contribution in [-0.2, 0) is 15.7 Å². The van der Waals surface area contributed by atoms with E-state index in [-0.39, 0.29) is 18.3 Å². The van der Waals surface area contributed by atoms with Crippen LogP contribution in [0.4, 0.5) is 0 Å². The lowest BCUT2D eigenvalue weighted by molar-refractivity contribution is 0.00578. The van der Waals surface area contributed by atoms with Crippen molar-refractivity contribution in [3.05, 3.63) is 29.3 Å². The van der Waals surface area contributed by atoms with Gasteiger partial charge >= 0.3 is 7.12 Å². The molecule has 102 valence electrons. The predicted octanol–water partition coefficient (Wildman–Crippen LogP) is 2.90. The summed E-state index contributed by atoms with van der Waals surface area (Å²) < 4.78 is 12.3. The van der Waals surface area contributed by atoms with Crippen LogP contribution in [0.1, 0.15) is 50.5 Å². The average Bonchev–Trinajstić information content (AvgIpc) is 2.78. The van der Waals surface area contributed by atoms with Gasteiger partial charge < -0.3 is 9.31 Å². The Hall–Kier alpha value is -0.445. The van der Waals surface area contributed by atoms with E-state index in [4.69, 9.17) is 9.31 Å². The van der Waals surface area contributed by atoms with Crippen LogP contribution in [0.2, 0.25) is 0 Å². The quantitative estimate of drug-likeness (QED) is 0.628. The molecule has 0 spiro atoms. The van der Waals surface area contributed by atoms with E-state index in [0.717, 1.165) is 12.8 Å². The highest BCUT2D eigenvalue weighted by Gasteiger charge is 2.52. The van der Waals surface area contributed by atoms with Gasteiger partial charge in [0.1, 0.15) is 0 Å². The first-order valence-electron chi connectivity index (χ1n) is 6.97. The fourth-order valence-electron chi connectivity index (χ4n) is 2.85. The number of thiol groups is 1. The van der Waals surface area contributed by atoms with Crippen LogP contribution in [-0.4, -0.2) is 18.3 Å². The molecule has 0 N–H and O–H groups in total. The number of benzene rings is 1. The summed E-state index contributed by atoms with van der Waals surface area (Å²) in [5.74, 6) is 0. The highest BCUT2D eigenvalue weighted by Crippen LogP contribution is 2.39. The van der Waals surface area contributed by atoms with Crippen molar-refractivity contribution in [2.45, 2.75) is 57.0 Å². The van der Waals surface area contributed by atoms with Crippen molar-refractivity contribution in [2.75, 3.05) is 0 Å². The molecule has 1 saturated heterocycles. The first kappa shape index (κ1) is 13.5. The molecular weight excluding hydrogens is 255 g/mol. The maximum Gasteiger partial charge on any atom is 0.495 e. The van der Waals surface area contributed by atoms with Gasteiger partial charge in [0, 0.05) is 5.25 Å². The molecule has 2 nitrogen and oxygen atoms in total. The third-order valence-electron chi connectivity index (χ3n) is 4.78. The molecule has 1 aliphatic carbocycles. The second kappa shape index (κ2) is 4.27. The lowest BCUT2D eigenvalue weighted by atomic mass is 9.75. The van der Waals surface area contributed by atoms with Crippen molar-refractivity contribution in [3.8, 4) is 0 Å². The van der Waals surface area contributed by atoms with Crippen molar-refractivity contribution in [1.82, 2.24) is 0 Å². The maximum absolute atomic E-state index is 6.16. The molecule has 0 amide bonds. The standard InChI is InChI=1S/C15H21BO2S/c1-14(2)15(3,4)18-16(17-14)12-7-5-6-11-10(12)8-9-13(11)19/h5-7,13,19H,8-9H2,1-4H3/t13-/m0/s1. The zero-order chi connectivity index (χ0) is 13.8. The fraction of sp³-hybridized carbons (Fsp3) is 0.600. The first-order valence-corrected chi connectivity index (χ1v) is 7.49. The molecule has 0 saturated carbocycles. The van der Waals surface area contributed by atoms with Crippen LogP contribution in [0.25, 0.3) is 0 Å². The van der Waals surface area contributed by atoms with E-state index >= 15 is 0 Å². The summed E-state index contributed by atoms with van der Waals surface area (Å²) in [6, 6.07) is 6.40. The number of hydrogen-bond acceptors (Lipinski definition) is 3. The summed E-state index contributed by atoms with van der Waals surface area (Å²) in [5, 5.41) is 0.359. The van der Waals surface area contributed by atoms with Gasteiger partial charge in [0.2, 0.25) is 0 Å². The Kier molecular flexibility index (Phi) is 3.04. The fourth-order valence-corrected chi connectivity index (χ4v) is 3.22. The molecule has 1 heterocycles. The van der Waals surface area contributed by atoms with Gasteiger partial charge in [-0.05, 0) is 57.1 Å². The minimum Gasteiger partial charge on any atom is -0.399 e. The Labute approximate surface area is 121 Å². The van der Waals surface area contributed by atoms with Gasteiger partial charge in [0.05, 0.1) is 11.2 Å². The third kappa shape index (κ3) is 2.05. The van der Waals surface area contributed by atoms with Crippen molar-refractivity contribution >= 4 is 25.2 Å². The summed E-state index contributed by atoms with van der Waals surface area (Å²) in [6.07, 6.45) is 2.18. The molecule has 0 bridgehead atoms. The molecule has 1 atom stereocenters. The first-order chi connectivity index (χ1) is 8.82. The Morgan fingerprint density at radius 1 is 1.16 bits per heavy atom. The lowest BCUT2D eigenvalue weighted by Gasteiger charge is -2.32. The minimum atomic E-state index is -0.278. The van der Waals surface area contributed by atoms with Gasteiger partial charge in [0.15, 0.2) is 0 Å². The molecule has 1 fully saturated rings. The van der Waals surface area contributed by atoms with Gasteiger partial charge in [-0.15, -0.1) is 0 Å². The lowest BCUT2D eigenvalue weighted by Crippen LogP contribution is -2.41. The molecule has 0 unspecified atom stereocenters. The molecule has 1 aromatic carbocycles. The summed E-state index contributed by atoms with van der Waals surface area (Å²) in [6.45, 7) is 8.38. The summed E-state index contributed by atoms with van der Waals surface area (Å²) >= 11 is 4.65. The highest BCUT2D eigenvalue weighted by atomic mass is 32.1. The Morgan fingerprint density at radius 3 is 2.42 bits per heavy atom. The van der Waals surface area contributed by atoms with Gasteiger partial charge in [-0.25, -0.2) is 0 Å². The van der Waals surface area contributed by atoms with Crippen LogP contribution in [0.15, 0.2) is 18.2 Å². The van der Waals surface area contributed by atoms with E-state index in [9.17, 15) is 0 Å². The number of hydrogen-bond donors (Lipinski definition) is 1. The molecule has 1 aliphatic heterocycles. The molecule has 2 aliphatic rings. The largest absolute Gasteiger partial charge is 0.495 e. The van der Waals surface area contributed by atoms with Crippen LogP contribution in [0, 0.1) is 0 Å². The van der Waals surface area contributed by atoms with Crippen LogP contribution < -0.4 is 5.46 Å². The highest BCUT2D eigenvalue weighted by molar-refractivity contribution is 7.80. The van der Waals surface area contributed by atoms with Gasteiger partial charge in [-0.3, -0.25) is 0 Å². The monoisotopic (exact) mass is 276 g/mol. The summed E-state index contributed by atoms with van der Waals surface area (Å²) in [4.78, 5) is 0. The molecule has 3 rings (SSSR count). The van der Waals surface area contributed by atoms with Crippen LogP contribution in [0.5, 0.6) is 0 Å². The summed E-state index contributed by atoms with van der Waals surface area (Å²) in [5.41, 5.74) is 3.35.